The van der Waals surface area contributed by atoms with Crippen molar-refractivity contribution >= 4 is 33.5 Å². The monoisotopic (exact) mass is 437 g/mol. The van der Waals surface area contributed by atoms with Crippen LogP contribution in [-0.2, 0) is 11.2 Å². The number of imidazole rings is 1. The number of ether oxygens (including phenoxy) is 1. The molecule has 5 rings (SSSR count). The van der Waals surface area contributed by atoms with Gasteiger partial charge in [-0.05, 0) is 24.3 Å². The van der Waals surface area contributed by atoms with Gasteiger partial charge in [-0.2, -0.15) is 0 Å². The van der Waals surface area contributed by atoms with Gasteiger partial charge in [0.15, 0.2) is 4.96 Å². The van der Waals surface area contributed by atoms with Crippen molar-refractivity contribution in [3.8, 4) is 11.3 Å². The Morgan fingerprint density at radius 2 is 2.10 bits per heavy atom. The molecule has 1 unspecified atom stereocenters. The van der Waals surface area contributed by atoms with Crippen molar-refractivity contribution in [3.63, 3.8) is 0 Å². The summed E-state index contributed by atoms with van der Waals surface area (Å²) in [6, 6.07) is 14.1. The summed E-state index contributed by atoms with van der Waals surface area (Å²) in [5, 5.41) is 4.10. The Kier molecular flexibility index (Phi) is 5.66. The quantitative estimate of drug-likeness (QED) is 0.409. The van der Waals surface area contributed by atoms with Gasteiger partial charge >= 0.3 is 0 Å². The fourth-order valence-electron chi connectivity index (χ4n) is 3.87. The van der Waals surface area contributed by atoms with Crippen molar-refractivity contribution in [1.29, 1.82) is 0 Å². The lowest BCUT2D eigenvalue weighted by atomic mass is 10.2. The van der Waals surface area contributed by atoms with E-state index in [2.05, 4.69) is 28.1 Å². The van der Waals surface area contributed by atoms with E-state index >= 15 is 0 Å². The first-order valence-corrected chi connectivity index (χ1v) is 12.0. The van der Waals surface area contributed by atoms with Crippen LogP contribution in [0, 0.1) is 0 Å². The first kappa shape index (κ1) is 19.5. The molecule has 0 bridgehead atoms. The molecule has 154 valence electrons. The molecule has 1 aliphatic heterocycles. The zero-order chi connectivity index (χ0) is 20.3. The fourth-order valence-corrected chi connectivity index (χ4v) is 5.47. The number of carbonyl (C=O) groups is 1. The second kappa shape index (κ2) is 8.71. The van der Waals surface area contributed by atoms with Crippen molar-refractivity contribution in [2.75, 3.05) is 19.7 Å². The summed E-state index contributed by atoms with van der Waals surface area (Å²) < 4.78 is 7.97. The molecule has 3 aromatic heterocycles. The first-order valence-electron chi connectivity index (χ1n) is 10.2. The molecule has 1 amide bonds. The van der Waals surface area contributed by atoms with E-state index in [1.165, 1.54) is 17.0 Å². The van der Waals surface area contributed by atoms with Gasteiger partial charge in [0.25, 0.3) is 5.91 Å². The molecule has 30 heavy (non-hydrogen) atoms. The highest BCUT2D eigenvalue weighted by atomic mass is 32.1. The predicted molar refractivity (Wildman–Crippen MR) is 121 cm³/mol. The van der Waals surface area contributed by atoms with Gasteiger partial charge in [-0.15, -0.1) is 22.7 Å². The molecular formula is C23H23N3O2S2. The number of rotatable bonds is 7. The zero-order valence-electron chi connectivity index (χ0n) is 16.6. The summed E-state index contributed by atoms with van der Waals surface area (Å²) >= 11 is 3.14. The molecule has 1 aromatic carbocycles. The van der Waals surface area contributed by atoms with Crippen LogP contribution in [0.15, 0.2) is 59.4 Å². The SMILES string of the molecule is O=C(c1cccs1)N(CCc1csc2nc(-c3ccccc3)cn12)CC1CCCO1. The minimum Gasteiger partial charge on any atom is -0.376 e. The number of nitrogens with zero attached hydrogens (tertiary/aromatic N) is 3. The van der Waals surface area contributed by atoms with E-state index < -0.39 is 0 Å². The lowest BCUT2D eigenvalue weighted by Gasteiger charge is -2.25. The van der Waals surface area contributed by atoms with Gasteiger partial charge in [-0.1, -0.05) is 36.4 Å². The summed E-state index contributed by atoms with van der Waals surface area (Å²) in [5.41, 5.74) is 3.28. The van der Waals surface area contributed by atoms with Crippen LogP contribution in [0.1, 0.15) is 28.2 Å². The third-order valence-corrected chi connectivity index (χ3v) is 7.20. The average Bonchev–Trinajstić information content (AvgIpc) is 3.57. The summed E-state index contributed by atoms with van der Waals surface area (Å²) in [4.78, 5) is 21.6. The van der Waals surface area contributed by atoms with E-state index in [0.29, 0.717) is 13.1 Å². The zero-order valence-corrected chi connectivity index (χ0v) is 18.2. The van der Waals surface area contributed by atoms with Gasteiger partial charge in [0.05, 0.1) is 16.7 Å². The molecule has 1 aliphatic rings. The fraction of sp³-hybridized carbons (Fsp3) is 0.304. The Balaban J connectivity index is 1.34. The lowest BCUT2D eigenvalue weighted by molar-refractivity contribution is 0.0532. The summed E-state index contributed by atoms with van der Waals surface area (Å²) in [5.74, 6) is 0.0996. The number of carbonyl (C=O) groups excluding carboxylic acids is 1. The molecule has 0 aliphatic carbocycles. The second-order valence-corrected chi connectivity index (χ2v) is 9.27. The van der Waals surface area contributed by atoms with Crippen LogP contribution < -0.4 is 0 Å². The molecule has 0 spiro atoms. The van der Waals surface area contributed by atoms with Gasteiger partial charge in [-0.25, -0.2) is 4.98 Å². The molecule has 0 radical (unpaired) electrons. The van der Waals surface area contributed by atoms with Crippen LogP contribution in [0.2, 0.25) is 0 Å². The molecule has 0 saturated carbocycles. The largest absolute Gasteiger partial charge is 0.376 e. The highest BCUT2D eigenvalue weighted by molar-refractivity contribution is 7.15. The normalized spacial score (nSPS) is 16.3. The maximum atomic E-state index is 13.1. The standard InChI is InChI=1S/C23H23N3O2S2/c27-22(21-9-5-13-29-21)25(14-19-8-4-12-28-19)11-10-18-16-30-23-24-20(15-26(18)23)17-6-2-1-3-7-17/h1-3,5-7,9,13,15-16,19H,4,8,10-12,14H2. The van der Waals surface area contributed by atoms with Crippen molar-refractivity contribution in [3.05, 3.63) is 70.0 Å². The minimum atomic E-state index is 0.0996. The topological polar surface area (TPSA) is 46.8 Å². The van der Waals surface area contributed by atoms with Crippen LogP contribution in [0.25, 0.3) is 16.2 Å². The number of benzene rings is 1. The Labute approximate surface area is 183 Å². The van der Waals surface area contributed by atoms with Crippen LogP contribution in [0.3, 0.4) is 0 Å². The molecule has 0 N–H and O–H groups in total. The Bertz CT molecular complexity index is 1110. The van der Waals surface area contributed by atoms with Crippen molar-refractivity contribution < 1.29 is 9.53 Å². The van der Waals surface area contributed by atoms with Crippen LogP contribution in [0.5, 0.6) is 0 Å². The van der Waals surface area contributed by atoms with E-state index in [1.54, 1.807) is 11.3 Å². The van der Waals surface area contributed by atoms with E-state index in [-0.39, 0.29) is 12.0 Å². The van der Waals surface area contributed by atoms with Gasteiger partial charge in [0.2, 0.25) is 0 Å². The number of thiazole rings is 1. The molecule has 1 saturated heterocycles. The predicted octanol–water partition coefficient (Wildman–Crippen LogP) is 4.99. The second-order valence-electron chi connectivity index (χ2n) is 7.49. The number of fused-ring (bicyclic) bond motifs is 1. The van der Waals surface area contributed by atoms with Gasteiger partial charge in [-0.3, -0.25) is 9.20 Å². The number of aromatic nitrogens is 2. The maximum Gasteiger partial charge on any atom is 0.264 e. The molecule has 4 aromatic rings. The first-order chi connectivity index (χ1) is 14.8. The third-order valence-electron chi connectivity index (χ3n) is 5.46. The summed E-state index contributed by atoms with van der Waals surface area (Å²) in [7, 11) is 0. The molecule has 5 nitrogen and oxygen atoms in total. The third kappa shape index (κ3) is 4.05. The van der Waals surface area contributed by atoms with Crippen molar-refractivity contribution in [1.82, 2.24) is 14.3 Å². The van der Waals surface area contributed by atoms with Crippen LogP contribution in [-0.4, -0.2) is 46.0 Å². The van der Waals surface area contributed by atoms with Crippen molar-refractivity contribution in [2.24, 2.45) is 0 Å². The summed E-state index contributed by atoms with van der Waals surface area (Å²) in [6.07, 6.45) is 5.14. The molecule has 1 atom stereocenters. The van der Waals surface area contributed by atoms with E-state index in [0.717, 1.165) is 47.0 Å². The Hall–Kier alpha value is -2.48. The number of amides is 1. The van der Waals surface area contributed by atoms with E-state index in [4.69, 9.17) is 9.72 Å². The number of hydrogen-bond donors (Lipinski definition) is 0. The Morgan fingerprint density at radius 1 is 1.20 bits per heavy atom. The summed E-state index contributed by atoms with van der Waals surface area (Å²) in [6.45, 7) is 2.12. The number of thiophene rings is 1. The molecule has 7 heteroatoms. The van der Waals surface area contributed by atoms with Crippen LogP contribution in [0.4, 0.5) is 0 Å². The van der Waals surface area contributed by atoms with Crippen molar-refractivity contribution in [2.45, 2.75) is 25.4 Å². The van der Waals surface area contributed by atoms with Crippen LogP contribution >= 0.6 is 22.7 Å². The lowest BCUT2D eigenvalue weighted by Crippen LogP contribution is -2.38. The van der Waals surface area contributed by atoms with Gasteiger partial charge in [0.1, 0.15) is 0 Å². The Morgan fingerprint density at radius 3 is 2.87 bits per heavy atom. The number of hydrogen-bond acceptors (Lipinski definition) is 5. The molecular weight excluding hydrogens is 414 g/mol. The van der Waals surface area contributed by atoms with Gasteiger partial charge < -0.3 is 9.64 Å². The molecule has 1 fully saturated rings. The average molecular weight is 438 g/mol. The van der Waals surface area contributed by atoms with E-state index in [1.807, 2.05) is 40.6 Å². The highest BCUT2D eigenvalue weighted by Crippen LogP contribution is 2.24. The molecule has 4 heterocycles. The smallest absolute Gasteiger partial charge is 0.264 e. The highest BCUT2D eigenvalue weighted by Gasteiger charge is 2.24. The van der Waals surface area contributed by atoms with Gasteiger partial charge in [0, 0.05) is 49.0 Å². The minimum absolute atomic E-state index is 0.0996. The maximum absolute atomic E-state index is 13.1. The van der Waals surface area contributed by atoms with E-state index in [9.17, 15) is 4.79 Å².